The third-order valence-corrected chi connectivity index (χ3v) is 8.69. The van der Waals surface area contributed by atoms with E-state index < -0.39 is 28.5 Å². The maximum Gasteiger partial charge on any atom is 0.264 e. The Balaban J connectivity index is 2.02. The van der Waals surface area contributed by atoms with Gasteiger partial charge in [0.2, 0.25) is 11.8 Å². The number of anilines is 1. The summed E-state index contributed by atoms with van der Waals surface area (Å²) in [4.78, 5) is 28.6. The van der Waals surface area contributed by atoms with Gasteiger partial charge >= 0.3 is 0 Å². The Labute approximate surface area is 238 Å². The minimum atomic E-state index is -4.09. The Bertz CT molecular complexity index is 1380. The number of aryl methyl sites for hydroxylation is 1. The smallest absolute Gasteiger partial charge is 0.264 e. The van der Waals surface area contributed by atoms with Gasteiger partial charge in [0.05, 0.1) is 17.7 Å². The van der Waals surface area contributed by atoms with Crippen LogP contribution in [0.1, 0.15) is 45.2 Å². The molecule has 2 atom stereocenters. The highest BCUT2D eigenvalue weighted by Crippen LogP contribution is 2.25. The predicted octanol–water partition coefficient (Wildman–Crippen LogP) is 4.78. The zero-order valence-corrected chi connectivity index (χ0v) is 24.6. The van der Waals surface area contributed by atoms with E-state index in [1.165, 1.54) is 17.0 Å². The van der Waals surface area contributed by atoms with Gasteiger partial charge in [-0.25, -0.2) is 8.42 Å². The number of nitrogens with one attached hydrogen (secondary N) is 1. The van der Waals surface area contributed by atoms with E-state index in [1.54, 1.807) is 56.5 Å². The summed E-state index contributed by atoms with van der Waals surface area (Å²) in [6, 6.07) is 21.4. The van der Waals surface area contributed by atoms with E-state index in [1.807, 2.05) is 45.0 Å². The number of hydrogen-bond acceptors (Lipinski definition) is 5. The number of methoxy groups -OCH3 is 1. The van der Waals surface area contributed by atoms with Crippen LogP contribution in [-0.2, 0) is 32.6 Å². The molecule has 0 radical (unpaired) electrons. The zero-order chi connectivity index (χ0) is 29.3. The molecule has 8 nitrogen and oxygen atoms in total. The Hall–Kier alpha value is -3.85. The van der Waals surface area contributed by atoms with Gasteiger partial charge < -0.3 is 15.0 Å². The van der Waals surface area contributed by atoms with E-state index >= 15 is 0 Å². The highest BCUT2D eigenvalue weighted by Gasteiger charge is 2.32. The highest BCUT2D eigenvalue weighted by molar-refractivity contribution is 7.92. The second kappa shape index (κ2) is 14.0. The van der Waals surface area contributed by atoms with Crippen LogP contribution >= 0.6 is 0 Å². The van der Waals surface area contributed by atoms with Gasteiger partial charge in [-0.05, 0) is 74.2 Å². The van der Waals surface area contributed by atoms with E-state index in [9.17, 15) is 18.0 Å². The summed E-state index contributed by atoms with van der Waals surface area (Å²) in [6.45, 7) is 7.14. The minimum Gasteiger partial charge on any atom is -0.497 e. The molecule has 0 unspecified atom stereocenters. The van der Waals surface area contributed by atoms with Crippen molar-refractivity contribution in [2.45, 2.75) is 64.1 Å². The monoisotopic (exact) mass is 565 g/mol. The summed E-state index contributed by atoms with van der Waals surface area (Å²) in [5.41, 5.74) is 2.16. The van der Waals surface area contributed by atoms with Gasteiger partial charge in [0.15, 0.2) is 0 Å². The van der Waals surface area contributed by atoms with E-state index in [-0.39, 0.29) is 23.4 Å². The Morgan fingerprint density at radius 2 is 1.57 bits per heavy atom. The van der Waals surface area contributed by atoms with Gasteiger partial charge in [-0.1, -0.05) is 56.3 Å². The van der Waals surface area contributed by atoms with Crippen molar-refractivity contribution >= 4 is 27.5 Å². The lowest BCUT2D eigenvalue weighted by Gasteiger charge is -2.32. The van der Waals surface area contributed by atoms with E-state index in [0.29, 0.717) is 11.4 Å². The van der Waals surface area contributed by atoms with E-state index in [0.717, 1.165) is 28.3 Å². The largest absolute Gasteiger partial charge is 0.497 e. The third kappa shape index (κ3) is 7.63. The average Bonchev–Trinajstić information content (AvgIpc) is 2.98. The lowest BCUT2D eigenvalue weighted by Crippen LogP contribution is -2.52. The lowest BCUT2D eigenvalue weighted by atomic mass is 10.1. The number of nitrogens with zero attached hydrogens (tertiary/aromatic N) is 2. The first-order valence-corrected chi connectivity index (χ1v) is 14.9. The number of rotatable bonds is 13. The number of benzene rings is 3. The van der Waals surface area contributed by atoms with Crippen LogP contribution in [0.3, 0.4) is 0 Å². The molecular formula is C31H39N3O5S. The molecule has 214 valence electrons. The van der Waals surface area contributed by atoms with Crippen LogP contribution < -0.4 is 14.4 Å². The van der Waals surface area contributed by atoms with Crippen molar-refractivity contribution in [2.75, 3.05) is 18.0 Å². The van der Waals surface area contributed by atoms with Crippen molar-refractivity contribution in [3.05, 3.63) is 90.0 Å². The normalized spacial score (nSPS) is 12.7. The second-order valence-electron chi connectivity index (χ2n) is 9.71. The first-order valence-electron chi connectivity index (χ1n) is 13.5. The van der Waals surface area contributed by atoms with Crippen molar-refractivity contribution < 1.29 is 22.7 Å². The second-order valence-corrected chi connectivity index (χ2v) is 11.6. The molecule has 0 fully saturated rings. The molecule has 9 heteroatoms. The van der Waals surface area contributed by atoms with Crippen molar-refractivity contribution in [3.8, 4) is 5.75 Å². The van der Waals surface area contributed by atoms with Gasteiger partial charge in [-0.15, -0.1) is 0 Å². The molecule has 0 spiro atoms. The number of ether oxygens (including phenoxy) is 1. The first-order chi connectivity index (χ1) is 19.1. The van der Waals surface area contributed by atoms with Gasteiger partial charge in [0.1, 0.15) is 18.3 Å². The van der Waals surface area contributed by atoms with Crippen LogP contribution in [-0.4, -0.2) is 50.9 Å². The number of hydrogen-bond donors (Lipinski definition) is 1. The molecule has 0 saturated heterocycles. The maximum atomic E-state index is 14.0. The van der Waals surface area contributed by atoms with Gasteiger partial charge in [0.25, 0.3) is 10.0 Å². The fourth-order valence-electron chi connectivity index (χ4n) is 4.16. The zero-order valence-electron chi connectivity index (χ0n) is 23.8. The molecular weight excluding hydrogens is 526 g/mol. The number of amides is 2. The standard InChI is InChI=1S/C31H39N3O5S/c1-6-23(3)32-31(36)24(4)33(21-26-12-11-13-28(20-26)39-5)30(35)22-34(27-18-16-25(7-2)17-19-27)40(37,38)29-14-9-8-10-15-29/h8-20,23-24H,6-7,21-22H2,1-5H3,(H,32,36)/t23-,24-/m1/s1. The molecule has 0 aliphatic rings. The van der Waals surface area contributed by atoms with Crippen LogP contribution in [0.5, 0.6) is 5.75 Å². The summed E-state index contributed by atoms with van der Waals surface area (Å²) >= 11 is 0. The Morgan fingerprint density at radius 3 is 2.17 bits per heavy atom. The van der Waals surface area contributed by atoms with Crippen LogP contribution in [0.15, 0.2) is 83.8 Å². The predicted molar refractivity (Wildman–Crippen MR) is 158 cm³/mol. The molecule has 3 rings (SSSR count). The molecule has 3 aromatic rings. The quantitative estimate of drug-likeness (QED) is 0.322. The maximum absolute atomic E-state index is 14.0. The lowest BCUT2D eigenvalue weighted by molar-refractivity contribution is -0.139. The molecule has 1 N–H and O–H groups in total. The summed E-state index contributed by atoms with van der Waals surface area (Å²) in [5, 5.41) is 2.94. The van der Waals surface area contributed by atoms with Crippen molar-refractivity contribution in [3.63, 3.8) is 0 Å². The summed E-state index contributed by atoms with van der Waals surface area (Å²) < 4.78 is 34.1. The molecule has 0 heterocycles. The van der Waals surface area contributed by atoms with Crippen LogP contribution in [0, 0.1) is 0 Å². The van der Waals surface area contributed by atoms with E-state index in [4.69, 9.17) is 4.74 Å². The summed E-state index contributed by atoms with van der Waals surface area (Å²) in [5.74, 6) is -0.199. The average molecular weight is 566 g/mol. The number of sulfonamides is 1. The molecule has 0 aliphatic carbocycles. The summed E-state index contributed by atoms with van der Waals surface area (Å²) in [7, 11) is -2.53. The fraction of sp³-hybridized carbons (Fsp3) is 0.355. The minimum absolute atomic E-state index is 0.0734. The molecule has 0 aromatic heterocycles. The molecule has 3 aromatic carbocycles. The van der Waals surface area contributed by atoms with E-state index in [2.05, 4.69) is 5.32 Å². The molecule has 40 heavy (non-hydrogen) atoms. The Morgan fingerprint density at radius 1 is 0.900 bits per heavy atom. The van der Waals surface area contributed by atoms with Gasteiger partial charge in [-0.3, -0.25) is 13.9 Å². The Kier molecular flexibility index (Phi) is 10.7. The summed E-state index contributed by atoms with van der Waals surface area (Å²) in [6.07, 6.45) is 1.53. The molecule has 0 bridgehead atoms. The number of carbonyl (C=O) groups excluding carboxylic acids is 2. The van der Waals surface area contributed by atoms with Crippen LogP contribution in [0.4, 0.5) is 5.69 Å². The van der Waals surface area contributed by atoms with Gasteiger partial charge in [0, 0.05) is 12.6 Å². The molecule has 0 saturated carbocycles. The highest BCUT2D eigenvalue weighted by atomic mass is 32.2. The topological polar surface area (TPSA) is 96.0 Å². The molecule has 2 amide bonds. The molecule has 0 aliphatic heterocycles. The number of carbonyl (C=O) groups is 2. The van der Waals surface area contributed by atoms with Crippen molar-refractivity contribution in [1.29, 1.82) is 0 Å². The van der Waals surface area contributed by atoms with Crippen molar-refractivity contribution in [2.24, 2.45) is 0 Å². The fourth-order valence-corrected chi connectivity index (χ4v) is 5.60. The van der Waals surface area contributed by atoms with Crippen LogP contribution in [0.2, 0.25) is 0 Å². The van der Waals surface area contributed by atoms with Crippen LogP contribution in [0.25, 0.3) is 0 Å². The third-order valence-electron chi connectivity index (χ3n) is 6.90. The van der Waals surface area contributed by atoms with Gasteiger partial charge in [-0.2, -0.15) is 0 Å². The SMILES string of the molecule is CCc1ccc(N(CC(=O)N(Cc2cccc(OC)c2)[C@H](C)C(=O)N[C@H](C)CC)S(=O)(=O)c2ccccc2)cc1. The first kappa shape index (κ1) is 30.7. The van der Waals surface area contributed by atoms with Crippen molar-refractivity contribution in [1.82, 2.24) is 10.2 Å².